The van der Waals surface area contributed by atoms with E-state index < -0.39 is 24.7 Å². The Bertz CT molecular complexity index is 186. The SMILES string of the molecule is CCCC=CCC(C(F)(F)F)C(F)(F)F. The van der Waals surface area contributed by atoms with Gasteiger partial charge in [0.2, 0.25) is 0 Å². The van der Waals surface area contributed by atoms with Crippen molar-refractivity contribution in [2.75, 3.05) is 0 Å². The zero-order valence-corrected chi connectivity index (χ0v) is 8.12. The van der Waals surface area contributed by atoms with Gasteiger partial charge in [-0.1, -0.05) is 25.5 Å². The molecule has 0 saturated heterocycles. The van der Waals surface area contributed by atoms with E-state index in [1.807, 2.05) is 0 Å². The summed E-state index contributed by atoms with van der Waals surface area (Å²) >= 11 is 0. The highest BCUT2D eigenvalue weighted by molar-refractivity contribution is 4.88. The number of hydrogen-bond donors (Lipinski definition) is 0. The second-order valence-electron chi connectivity index (χ2n) is 3.13. The van der Waals surface area contributed by atoms with Crippen molar-refractivity contribution >= 4 is 0 Å². The molecule has 0 bridgehead atoms. The third-order valence-electron chi connectivity index (χ3n) is 1.78. The Morgan fingerprint density at radius 1 is 0.933 bits per heavy atom. The summed E-state index contributed by atoms with van der Waals surface area (Å²) in [5.41, 5.74) is 0. The fourth-order valence-electron chi connectivity index (χ4n) is 0.970. The van der Waals surface area contributed by atoms with Crippen molar-refractivity contribution in [3.8, 4) is 0 Å². The number of hydrogen-bond acceptors (Lipinski definition) is 0. The molecule has 0 atom stereocenters. The summed E-state index contributed by atoms with van der Waals surface area (Å²) < 4.78 is 71.8. The van der Waals surface area contributed by atoms with Crippen LogP contribution < -0.4 is 0 Å². The van der Waals surface area contributed by atoms with E-state index in [1.165, 1.54) is 6.08 Å². The molecule has 0 heterocycles. The molecule has 15 heavy (non-hydrogen) atoms. The van der Waals surface area contributed by atoms with Crippen molar-refractivity contribution < 1.29 is 26.3 Å². The van der Waals surface area contributed by atoms with Crippen LogP contribution in [0.2, 0.25) is 0 Å². The number of unbranched alkanes of at least 4 members (excludes halogenated alkanes) is 1. The first-order valence-corrected chi connectivity index (χ1v) is 4.48. The van der Waals surface area contributed by atoms with Gasteiger partial charge < -0.3 is 0 Å². The van der Waals surface area contributed by atoms with Gasteiger partial charge in [-0.05, 0) is 12.8 Å². The molecular formula is C9H12F6. The van der Waals surface area contributed by atoms with Gasteiger partial charge in [0.25, 0.3) is 0 Å². The first-order chi connectivity index (χ1) is 6.69. The Kier molecular flexibility index (Phi) is 5.17. The van der Waals surface area contributed by atoms with E-state index in [9.17, 15) is 26.3 Å². The maximum atomic E-state index is 12.0. The molecule has 0 aromatic heterocycles. The predicted molar refractivity (Wildman–Crippen MR) is 44.3 cm³/mol. The average molecular weight is 234 g/mol. The number of halogens is 6. The van der Waals surface area contributed by atoms with E-state index in [1.54, 1.807) is 6.92 Å². The lowest BCUT2D eigenvalue weighted by Crippen LogP contribution is -2.35. The normalized spacial score (nSPS) is 14.1. The van der Waals surface area contributed by atoms with Crippen molar-refractivity contribution in [3.63, 3.8) is 0 Å². The minimum absolute atomic E-state index is 0.489. The first-order valence-electron chi connectivity index (χ1n) is 4.48. The van der Waals surface area contributed by atoms with Crippen molar-refractivity contribution in [1.29, 1.82) is 0 Å². The smallest absolute Gasteiger partial charge is 0.170 e. The first kappa shape index (κ1) is 14.3. The molecule has 0 aromatic carbocycles. The van der Waals surface area contributed by atoms with Crippen LogP contribution >= 0.6 is 0 Å². The highest BCUT2D eigenvalue weighted by Gasteiger charge is 2.55. The van der Waals surface area contributed by atoms with Crippen LogP contribution in [-0.4, -0.2) is 12.4 Å². The predicted octanol–water partition coefficient (Wildman–Crippen LogP) is 4.47. The van der Waals surface area contributed by atoms with Gasteiger partial charge in [0.1, 0.15) is 0 Å². The molecule has 0 saturated carbocycles. The van der Waals surface area contributed by atoms with Crippen LogP contribution in [0, 0.1) is 5.92 Å². The van der Waals surface area contributed by atoms with Crippen molar-refractivity contribution in [3.05, 3.63) is 12.2 Å². The van der Waals surface area contributed by atoms with Gasteiger partial charge in [0.05, 0.1) is 0 Å². The third kappa shape index (κ3) is 5.69. The van der Waals surface area contributed by atoms with Gasteiger partial charge in [-0.3, -0.25) is 0 Å². The van der Waals surface area contributed by atoms with E-state index in [2.05, 4.69) is 0 Å². The molecule has 0 radical (unpaired) electrons. The minimum atomic E-state index is -5.23. The van der Waals surface area contributed by atoms with Crippen LogP contribution in [0.3, 0.4) is 0 Å². The van der Waals surface area contributed by atoms with Crippen LogP contribution in [0.5, 0.6) is 0 Å². The van der Waals surface area contributed by atoms with Gasteiger partial charge in [-0.25, -0.2) is 0 Å². The summed E-state index contributed by atoms with van der Waals surface area (Å²) in [7, 11) is 0. The molecule has 0 unspecified atom stereocenters. The third-order valence-corrected chi connectivity index (χ3v) is 1.78. The van der Waals surface area contributed by atoms with Gasteiger partial charge >= 0.3 is 12.4 Å². The highest BCUT2D eigenvalue weighted by atomic mass is 19.4. The molecule has 0 aliphatic carbocycles. The molecule has 6 heteroatoms. The minimum Gasteiger partial charge on any atom is -0.170 e. The Balaban J connectivity index is 4.42. The summed E-state index contributed by atoms with van der Waals surface area (Å²) in [6.07, 6.45) is -8.03. The van der Waals surface area contributed by atoms with Crippen LogP contribution in [0.15, 0.2) is 12.2 Å². The van der Waals surface area contributed by atoms with Gasteiger partial charge in [0.15, 0.2) is 5.92 Å². The molecule has 0 nitrogen and oxygen atoms in total. The molecule has 0 aliphatic rings. The zero-order chi connectivity index (χ0) is 12.1. The fraction of sp³-hybridized carbons (Fsp3) is 0.778. The van der Waals surface area contributed by atoms with Crippen LogP contribution in [0.4, 0.5) is 26.3 Å². The quantitative estimate of drug-likeness (QED) is 0.497. The summed E-state index contributed by atoms with van der Waals surface area (Å²) in [4.78, 5) is 0. The summed E-state index contributed by atoms with van der Waals surface area (Å²) in [6.45, 7) is 1.79. The molecule has 0 rings (SSSR count). The maximum Gasteiger partial charge on any atom is 0.400 e. The maximum absolute atomic E-state index is 12.0. The lowest BCUT2D eigenvalue weighted by Gasteiger charge is -2.21. The molecule has 0 N–H and O–H groups in total. The second-order valence-corrected chi connectivity index (χ2v) is 3.13. The largest absolute Gasteiger partial charge is 0.400 e. The standard InChI is InChI=1S/C9H12F6/c1-2-3-4-5-6-7(8(10,11)12)9(13,14)15/h4-5,7H,2-3,6H2,1H3. The summed E-state index contributed by atoms with van der Waals surface area (Å²) in [5, 5.41) is 0. The van der Waals surface area contributed by atoms with Gasteiger partial charge in [0, 0.05) is 0 Å². The Labute approximate surface area is 84.0 Å². The highest BCUT2D eigenvalue weighted by Crippen LogP contribution is 2.41. The summed E-state index contributed by atoms with van der Waals surface area (Å²) in [5.74, 6) is -3.25. The average Bonchev–Trinajstić information content (AvgIpc) is 1.99. The molecule has 90 valence electrons. The monoisotopic (exact) mass is 234 g/mol. The number of allylic oxidation sites excluding steroid dienone is 2. The molecule has 0 aromatic rings. The molecule has 0 fully saturated rings. The van der Waals surface area contributed by atoms with E-state index in [4.69, 9.17) is 0 Å². The van der Waals surface area contributed by atoms with E-state index in [0.717, 1.165) is 6.08 Å². The van der Waals surface area contributed by atoms with E-state index in [0.29, 0.717) is 12.8 Å². The van der Waals surface area contributed by atoms with Crippen molar-refractivity contribution in [2.45, 2.75) is 38.5 Å². The lowest BCUT2D eigenvalue weighted by atomic mass is 10.0. The molecule has 0 amide bonds. The van der Waals surface area contributed by atoms with Crippen molar-refractivity contribution in [1.82, 2.24) is 0 Å². The van der Waals surface area contributed by atoms with E-state index in [-0.39, 0.29) is 0 Å². The Morgan fingerprint density at radius 2 is 1.40 bits per heavy atom. The van der Waals surface area contributed by atoms with Crippen LogP contribution in [-0.2, 0) is 0 Å². The molecule has 0 aliphatic heterocycles. The molecule has 0 spiro atoms. The second kappa shape index (κ2) is 5.42. The van der Waals surface area contributed by atoms with E-state index >= 15 is 0 Å². The Hall–Kier alpha value is -0.680. The summed E-state index contributed by atoms with van der Waals surface area (Å²) in [6, 6.07) is 0. The Morgan fingerprint density at radius 3 is 1.73 bits per heavy atom. The van der Waals surface area contributed by atoms with Crippen LogP contribution in [0.25, 0.3) is 0 Å². The van der Waals surface area contributed by atoms with Gasteiger partial charge in [-0.15, -0.1) is 0 Å². The van der Waals surface area contributed by atoms with Crippen molar-refractivity contribution in [2.24, 2.45) is 5.92 Å². The zero-order valence-electron chi connectivity index (χ0n) is 8.12. The lowest BCUT2D eigenvalue weighted by molar-refractivity contribution is -0.282. The van der Waals surface area contributed by atoms with Gasteiger partial charge in [-0.2, -0.15) is 26.3 Å². The topological polar surface area (TPSA) is 0 Å². The fourth-order valence-corrected chi connectivity index (χ4v) is 0.970. The number of alkyl halides is 6. The number of rotatable bonds is 4. The van der Waals surface area contributed by atoms with Crippen LogP contribution in [0.1, 0.15) is 26.2 Å². The molecular weight excluding hydrogens is 222 g/mol.